The maximum Gasteiger partial charge on any atom is 0.161 e. The molecule has 112 valence electrons. The van der Waals surface area contributed by atoms with Gasteiger partial charge in [0.05, 0.1) is 14.2 Å². The van der Waals surface area contributed by atoms with Crippen molar-refractivity contribution in [2.75, 3.05) is 20.0 Å². The largest absolute Gasteiger partial charge is 0.493 e. The standard InChI is InChI=1S/C17H21NO2S/c1-11-5-6-14(18)9-17(11)21-10-13-8-16(20-4)15(19-3)7-12(13)2/h5-9H,10,18H2,1-4H3. The predicted octanol–water partition coefficient (Wildman–Crippen LogP) is 4.20. The number of aryl methyl sites for hydroxylation is 2. The lowest BCUT2D eigenvalue weighted by Crippen LogP contribution is -1.95. The van der Waals surface area contributed by atoms with Gasteiger partial charge >= 0.3 is 0 Å². The summed E-state index contributed by atoms with van der Waals surface area (Å²) in [5.41, 5.74) is 10.3. The Morgan fingerprint density at radius 3 is 2.29 bits per heavy atom. The van der Waals surface area contributed by atoms with E-state index in [-0.39, 0.29) is 0 Å². The monoisotopic (exact) mass is 303 g/mol. The number of benzene rings is 2. The van der Waals surface area contributed by atoms with E-state index in [1.54, 1.807) is 26.0 Å². The number of hydrogen-bond acceptors (Lipinski definition) is 4. The third kappa shape index (κ3) is 3.64. The van der Waals surface area contributed by atoms with Crippen molar-refractivity contribution in [2.45, 2.75) is 24.5 Å². The van der Waals surface area contributed by atoms with Gasteiger partial charge in [0.15, 0.2) is 11.5 Å². The average Bonchev–Trinajstić information content (AvgIpc) is 2.48. The molecular formula is C17H21NO2S. The molecule has 0 spiro atoms. The molecule has 0 fully saturated rings. The normalized spacial score (nSPS) is 10.5. The number of ether oxygens (including phenoxy) is 2. The summed E-state index contributed by atoms with van der Waals surface area (Å²) >= 11 is 1.78. The van der Waals surface area contributed by atoms with Gasteiger partial charge in [-0.15, -0.1) is 11.8 Å². The Balaban J connectivity index is 2.21. The molecule has 0 amide bonds. The minimum Gasteiger partial charge on any atom is -0.493 e. The Kier molecular flexibility index (Phi) is 5.02. The number of nitrogens with two attached hydrogens (primary N) is 1. The highest BCUT2D eigenvalue weighted by Gasteiger charge is 2.09. The zero-order valence-electron chi connectivity index (χ0n) is 12.9. The third-order valence-corrected chi connectivity index (χ3v) is 4.64. The first-order chi connectivity index (χ1) is 10.0. The molecule has 0 aliphatic carbocycles. The van der Waals surface area contributed by atoms with Crippen molar-refractivity contribution >= 4 is 17.4 Å². The molecule has 0 bridgehead atoms. The summed E-state index contributed by atoms with van der Waals surface area (Å²) in [4.78, 5) is 1.21. The highest BCUT2D eigenvalue weighted by atomic mass is 32.2. The van der Waals surface area contributed by atoms with E-state index in [0.29, 0.717) is 0 Å². The van der Waals surface area contributed by atoms with E-state index in [1.807, 2.05) is 24.3 Å². The lowest BCUT2D eigenvalue weighted by atomic mass is 10.1. The SMILES string of the molecule is COc1cc(C)c(CSc2cc(N)ccc2C)cc1OC. The Hall–Kier alpha value is -1.81. The fraction of sp³-hybridized carbons (Fsp3) is 0.294. The Labute approximate surface area is 130 Å². The van der Waals surface area contributed by atoms with Crippen LogP contribution >= 0.6 is 11.8 Å². The highest BCUT2D eigenvalue weighted by molar-refractivity contribution is 7.98. The lowest BCUT2D eigenvalue weighted by molar-refractivity contribution is 0.354. The predicted molar refractivity (Wildman–Crippen MR) is 89.4 cm³/mol. The molecule has 2 N–H and O–H groups in total. The van der Waals surface area contributed by atoms with Crippen LogP contribution in [0.1, 0.15) is 16.7 Å². The van der Waals surface area contributed by atoms with Gasteiger partial charge < -0.3 is 15.2 Å². The van der Waals surface area contributed by atoms with Crippen LogP contribution in [-0.4, -0.2) is 14.2 Å². The molecule has 0 atom stereocenters. The number of hydrogen-bond donors (Lipinski definition) is 1. The molecule has 0 heterocycles. The van der Waals surface area contributed by atoms with E-state index < -0.39 is 0 Å². The molecule has 21 heavy (non-hydrogen) atoms. The first-order valence-electron chi connectivity index (χ1n) is 6.75. The molecule has 2 aromatic carbocycles. The molecule has 0 aliphatic heterocycles. The van der Waals surface area contributed by atoms with Gasteiger partial charge in [-0.05, 0) is 54.8 Å². The van der Waals surface area contributed by atoms with E-state index in [4.69, 9.17) is 15.2 Å². The van der Waals surface area contributed by atoms with Gasteiger partial charge in [-0.2, -0.15) is 0 Å². The number of thioether (sulfide) groups is 1. The van der Waals surface area contributed by atoms with Gasteiger partial charge in [-0.3, -0.25) is 0 Å². The molecule has 0 saturated heterocycles. The van der Waals surface area contributed by atoms with Gasteiger partial charge in [-0.25, -0.2) is 0 Å². The Bertz CT molecular complexity index is 641. The number of anilines is 1. The average molecular weight is 303 g/mol. The van der Waals surface area contributed by atoms with Gasteiger partial charge in [0.25, 0.3) is 0 Å². The van der Waals surface area contributed by atoms with Gasteiger partial charge in [0.1, 0.15) is 0 Å². The summed E-state index contributed by atoms with van der Waals surface area (Å²) in [6.45, 7) is 4.19. The molecule has 2 rings (SSSR count). The Morgan fingerprint density at radius 2 is 1.62 bits per heavy atom. The van der Waals surface area contributed by atoms with Gasteiger partial charge in [-0.1, -0.05) is 6.07 Å². The minimum atomic E-state index is 0.767. The maximum absolute atomic E-state index is 5.86. The van der Waals surface area contributed by atoms with E-state index in [0.717, 1.165) is 22.9 Å². The molecule has 0 aliphatic rings. The van der Waals surface area contributed by atoms with Crippen molar-refractivity contribution in [3.63, 3.8) is 0 Å². The molecule has 4 heteroatoms. The highest BCUT2D eigenvalue weighted by Crippen LogP contribution is 2.34. The smallest absolute Gasteiger partial charge is 0.161 e. The van der Waals surface area contributed by atoms with Crippen LogP contribution in [0.5, 0.6) is 11.5 Å². The van der Waals surface area contributed by atoms with Crippen LogP contribution in [-0.2, 0) is 5.75 Å². The Morgan fingerprint density at radius 1 is 0.952 bits per heavy atom. The van der Waals surface area contributed by atoms with Crippen LogP contribution in [0.25, 0.3) is 0 Å². The summed E-state index contributed by atoms with van der Waals surface area (Å²) in [6, 6.07) is 10.1. The van der Waals surface area contributed by atoms with E-state index in [9.17, 15) is 0 Å². The molecule has 0 radical (unpaired) electrons. The molecule has 0 saturated carbocycles. The second-order valence-corrected chi connectivity index (χ2v) is 5.96. The summed E-state index contributed by atoms with van der Waals surface area (Å²) < 4.78 is 10.7. The van der Waals surface area contributed by atoms with Crippen molar-refractivity contribution < 1.29 is 9.47 Å². The topological polar surface area (TPSA) is 44.5 Å². The van der Waals surface area contributed by atoms with Crippen LogP contribution in [0.3, 0.4) is 0 Å². The molecule has 3 nitrogen and oxygen atoms in total. The van der Waals surface area contributed by atoms with Gasteiger partial charge in [0.2, 0.25) is 0 Å². The maximum atomic E-state index is 5.86. The van der Waals surface area contributed by atoms with Crippen molar-refractivity contribution in [1.82, 2.24) is 0 Å². The molecule has 0 aromatic heterocycles. The molecule has 2 aromatic rings. The van der Waals surface area contributed by atoms with Crippen LogP contribution in [0.15, 0.2) is 35.2 Å². The minimum absolute atomic E-state index is 0.767. The molecular weight excluding hydrogens is 282 g/mol. The lowest BCUT2D eigenvalue weighted by Gasteiger charge is -2.13. The van der Waals surface area contributed by atoms with Crippen molar-refractivity contribution in [3.05, 3.63) is 47.0 Å². The van der Waals surface area contributed by atoms with Crippen molar-refractivity contribution in [3.8, 4) is 11.5 Å². The number of nitrogen functional groups attached to an aromatic ring is 1. The van der Waals surface area contributed by atoms with E-state index >= 15 is 0 Å². The number of methoxy groups -OCH3 is 2. The fourth-order valence-electron chi connectivity index (χ4n) is 2.11. The zero-order valence-corrected chi connectivity index (χ0v) is 13.7. The van der Waals surface area contributed by atoms with Crippen molar-refractivity contribution in [2.24, 2.45) is 0 Å². The van der Waals surface area contributed by atoms with Gasteiger partial charge in [0, 0.05) is 16.3 Å². The quantitative estimate of drug-likeness (QED) is 0.664. The van der Waals surface area contributed by atoms with E-state index in [1.165, 1.54) is 21.6 Å². The van der Waals surface area contributed by atoms with Crippen molar-refractivity contribution in [1.29, 1.82) is 0 Å². The van der Waals surface area contributed by atoms with Crippen LogP contribution in [0.2, 0.25) is 0 Å². The van der Waals surface area contributed by atoms with E-state index in [2.05, 4.69) is 19.9 Å². The van der Waals surface area contributed by atoms with Crippen LogP contribution in [0, 0.1) is 13.8 Å². The molecule has 0 unspecified atom stereocenters. The first kappa shape index (κ1) is 15.6. The third-order valence-electron chi connectivity index (χ3n) is 3.44. The number of rotatable bonds is 5. The zero-order chi connectivity index (χ0) is 15.4. The second-order valence-electron chi connectivity index (χ2n) is 4.95. The summed E-state index contributed by atoms with van der Waals surface area (Å²) in [6.07, 6.45) is 0. The fourth-order valence-corrected chi connectivity index (χ4v) is 3.24. The summed E-state index contributed by atoms with van der Waals surface area (Å²) in [7, 11) is 3.31. The second kappa shape index (κ2) is 6.76. The van der Waals surface area contributed by atoms with Crippen LogP contribution in [0.4, 0.5) is 5.69 Å². The summed E-state index contributed by atoms with van der Waals surface area (Å²) in [5, 5.41) is 0. The first-order valence-corrected chi connectivity index (χ1v) is 7.74. The summed E-state index contributed by atoms with van der Waals surface area (Å²) in [5.74, 6) is 2.41. The van der Waals surface area contributed by atoms with Crippen LogP contribution < -0.4 is 15.2 Å².